The van der Waals surface area contributed by atoms with Crippen LogP contribution in [0.5, 0.6) is 0 Å². The van der Waals surface area contributed by atoms with Crippen LogP contribution in [-0.4, -0.2) is 59.7 Å². The van der Waals surface area contributed by atoms with E-state index in [-0.39, 0.29) is 11.7 Å². The zero-order valence-corrected chi connectivity index (χ0v) is 14.6. The highest BCUT2D eigenvalue weighted by Gasteiger charge is 2.17. The molecule has 1 aliphatic heterocycles. The van der Waals surface area contributed by atoms with Gasteiger partial charge in [-0.3, -0.25) is 9.69 Å². The minimum atomic E-state index is -0.287. The van der Waals surface area contributed by atoms with E-state index in [4.69, 9.17) is 4.74 Å². The molecule has 6 nitrogen and oxygen atoms in total. The number of H-pyrrole nitrogens is 1. The first-order valence-corrected chi connectivity index (χ1v) is 8.84. The van der Waals surface area contributed by atoms with E-state index >= 15 is 0 Å². The van der Waals surface area contributed by atoms with Crippen LogP contribution in [0.4, 0.5) is 4.39 Å². The number of benzene rings is 1. The highest BCUT2D eigenvalue weighted by atomic mass is 19.1. The molecule has 0 unspecified atom stereocenters. The van der Waals surface area contributed by atoms with Gasteiger partial charge in [0.15, 0.2) is 0 Å². The van der Waals surface area contributed by atoms with Crippen molar-refractivity contribution in [3.8, 4) is 0 Å². The van der Waals surface area contributed by atoms with Gasteiger partial charge in [-0.15, -0.1) is 0 Å². The summed E-state index contributed by atoms with van der Waals surface area (Å²) in [7, 11) is 0. The molecule has 2 heterocycles. The summed E-state index contributed by atoms with van der Waals surface area (Å²) < 4.78 is 18.5. The summed E-state index contributed by atoms with van der Waals surface area (Å²) in [5.41, 5.74) is 1.42. The minimum absolute atomic E-state index is 0.0577. The Morgan fingerprint density at radius 1 is 1.44 bits per heavy atom. The fourth-order valence-electron chi connectivity index (χ4n) is 3.10. The molecule has 3 rings (SSSR count). The number of nitrogens with one attached hydrogen (secondary N) is 2. The lowest BCUT2D eigenvalue weighted by Crippen LogP contribution is -2.42. The molecule has 2 aromatic rings. The summed E-state index contributed by atoms with van der Waals surface area (Å²) in [5, 5.41) is 2.93. The van der Waals surface area contributed by atoms with Crippen molar-refractivity contribution in [1.82, 2.24) is 20.2 Å². The Hall–Kier alpha value is -1.99. The number of nitrogens with zero attached hydrogens (tertiary/aromatic N) is 2. The molecule has 7 heteroatoms. The smallest absolute Gasteiger partial charge is 0.220 e. The average Bonchev–Trinajstić information content (AvgIpc) is 3.02. The van der Waals surface area contributed by atoms with E-state index in [2.05, 4.69) is 27.1 Å². The van der Waals surface area contributed by atoms with Crippen LogP contribution < -0.4 is 5.32 Å². The molecule has 0 saturated carbocycles. The van der Waals surface area contributed by atoms with Crippen LogP contribution in [0.2, 0.25) is 0 Å². The van der Waals surface area contributed by atoms with Gasteiger partial charge in [0.1, 0.15) is 11.6 Å². The Morgan fingerprint density at radius 2 is 2.24 bits per heavy atom. The van der Waals surface area contributed by atoms with E-state index in [1.165, 1.54) is 12.1 Å². The summed E-state index contributed by atoms with van der Waals surface area (Å²) in [6, 6.07) is 4.86. The third-order valence-corrected chi connectivity index (χ3v) is 4.64. The van der Waals surface area contributed by atoms with Gasteiger partial charge in [-0.05, 0) is 31.5 Å². The molecular formula is C18H25FN4O2. The monoisotopic (exact) mass is 348 g/mol. The van der Waals surface area contributed by atoms with Crippen LogP contribution in [0.1, 0.15) is 25.6 Å². The van der Waals surface area contributed by atoms with E-state index in [1.54, 1.807) is 6.07 Å². The number of ether oxygens (including phenoxy) is 1. The molecule has 1 amide bonds. The molecule has 1 aromatic carbocycles. The van der Waals surface area contributed by atoms with Gasteiger partial charge in [0.2, 0.25) is 5.91 Å². The maximum atomic E-state index is 13.2. The molecule has 1 aliphatic rings. The molecule has 1 saturated heterocycles. The van der Waals surface area contributed by atoms with E-state index < -0.39 is 0 Å². The highest BCUT2D eigenvalue weighted by Crippen LogP contribution is 2.13. The second-order valence-corrected chi connectivity index (χ2v) is 6.48. The van der Waals surface area contributed by atoms with Gasteiger partial charge in [0.25, 0.3) is 0 Å². The number of carbonyl (C=O) groups is 1. The summed E-state index contributed by atoms with van der Waals surface area (Å²) >= 11 is 0. The lowest BCUT2D eigenvalue weighted by Gasteiger charge is -2.32. The van der Waals surface area contributed by atoms with Gasteiger partial charge in [0.05, 0.1) is 24.2 Å². The largest absolute Gasteiger partial charge is 0.379 e. The number of hydrogen-bond acceptors (Lipinski definition) is 4. The van der Waals surface area contributed by atoms with Crippen LogP contribution in [0.25, 0.3) is 11.0 Å². The molecule has 1 aromatic heterocycles. The predicted octanol–water partition coefficient (Wildman–Crippen LogP) is 1.86. The first-order valence-electron chi connectivity index (χ1n) is 8.84. The number of halogens is 1. The number of imidazole rings is 1. The molecule has 1 fully saturated rings. The van der Waals surface area contributed by atoms with Crippen molar-refractivity contribution in [2.24, 2.45) is 0 Å². The summed E-state index contributed by atoms with van der Waals surface area (Å²) in [6.07, 6.45) is 1.96. The second-order valence-electron chi connectivity index (χ2n) is 6.48. The fourth-order valence-corrected chi connectivity index (χ4v) is 3.10. The number of rotatable bonds is 7. The number of aromatic nitrogens is 2. The van der Waals surface area contributed by atoms with Crippen LogP contribution in [0, 0.1) is 5.82 Å². The van der Waals surface area contributed by atoms with E-state index in [0.717, 1.165) is 44.1 Å². The van der Waals surface area contributed by atoms with Crippen LogP contribution in [0.15, 0.2) is 18.2 Å². The Morgan fingerprint density at radius 3 is 3.04 bits per heavy atom. The summed E-state index contributed by atoms with van der Waals surface area (Å²) in [6.45, 7) is 6.11. The van der Waals surface area contributed by atoms with E-state index in [0.29, 0.717) is 30.9 Å². The van der Waals surface area contributed by atoms with Crippen molar-refractivity contribution >= 4 is 16.9 Å². The zero-order chi connectivity index (χ0) is 17.6. The maximum Gasteiger partial charge on any atom is 0.220 e. The molecule has 136 valence electrons. The van der Waals surface area contributed by atoms with Gasteiger partial charge in [-0.25, -0.2) is 9.37 Å². The van der Waals surface area contributed by atoms with E-state index in [1.807, 2.05) is 0 Å². The topological polar surface area (TPSA) is 70.2 Å². The number of hydrogen-bond donors (Lipinski definition) is 2. The average molecular weight is 348 g/mol. The lowest BCUT2D eigenvalue weighted by molar-refractivity contribution is -0.121. The number of aromatic amines is 1. The molecule has 0 radical (unpaired) electrons. The van der Waals surface area contributed by atoms with Crippen molar-refractivity contribution in [1.29, 1.82) is 0 Å². The fraction of sp³-hybridized carbons (Fsp3) is 0.556. The van der Waals surface area contributed by atoms with Crippen molar-refractivity contribution in [3.05, 3.63) is 29.8 Å². The maximum absolute atomic E-state index is 13.2. The summed E-state index contributed by atoms with van der Waals surface area (Å²) in [5.74, 6) is 0.523. The Bertz CT molecular complexity index is 712. The van der Waals surface area contributed by atoms with Gasteiger partial charge in [-0.1, -0.05) is 0 Å². The molecule has 25 heavy (non-hydrogen) atoms. The van der Waals surface area contributed by atoms with E-state index in [9.17, 15) is 9.18 Å². The molecule has 1 atom stereocenters. The first kappa shape index (κ1) is 17.8. The van der Waals surface area contributed by atoms with Crippen molar-refractivity contribution in [2.75, 3.05) is 32.8 Å². The Labute approximate surface area is 146 Å². The number of morpholine rings is 1. The molecule has 0 bridgehead atoms. The molecule has 0 aliphatic carbocycles. The normalized spacial score (nSPS) is 16.9. The zero-order valence-electron chi connectivity index (χ0n) is 14.6. The second kappa shape index (κ2) is 8.40. The van der Waals surface area contributed by atoms with Crippen molar-refractivity contribution in [2.45, 2.75) is 32.2 Å². The molecular weight excluding hydrogens is 323 g/mol. The minimum Gasteiger partial charge on any atom is -0.379 e. The van der Waals surface area contributed by atoms with Crippen LogP contribution >= 0.6 is 0 Å². The predicted molar refractivity (Wildman–Crippen MR) is 93.9 cm³/mol. The highest BCUT2D eigenvalue weighted by molar-refractivity contribution is 5.76. The summed E-state index contributed by atoms with van der Waals surface area (Å²) in [4.78, 5) is 21.8. The third kappa shape index (κ3) is 4.99. The third-order valence-electron chi connectivity index (χ3n) is 4.64. The Balaban J connectivity index is 1.38. The lowest BCUT2D eigenvalue weighted by atomic mass is 10.1. The number of carbonyl (C=O) groups excluding carboxylic acids is 1. The Kier molecular flexibility index (Phi) is 5.99. The quantitative estimate of drug-likeness (QED) is 0.801. The SMILES string of the molecule is C[C@@H](CCC(=O)NCCc1nc2ccc(F)cc2[nH]1)N1CCOCC1. The first-order chi connectivity index (χ1) is 12.1. The van der Waals surface area contributed by atoms with Gasteiger partial charge in [0, 0.05) is 38.5 Å². The van der Waals surface area contributed by atoms with Gasteiger partial charge < -0.3 is 15.0 Å². The van der Waals surface area contributed by atoms with Gasteiger partial charge >= 0.3 is 0 Å². The van der Waals surface area contributed by atoms with Crippen LogP contribution in [0.3, 0.4) is 0 Å². The number of amides is 1. The molecule has 0 spiro atoms. The van der Waals surface area contributed by atoms with Gasteiger partial charge in [-0.2, -0.15) is 0 Å². The van der Waals surface area contributed by atoms with Crippen molar-refractivity contribution < 1.29 is 13.9 Å². The van der Waals surface area contributed by atoms with Crippen molar-refractivity contribution in [3.63, 3.8) is 0 Å². The standard InChI is InChI=1S/C18H25FN4O2/c1-13(23-8-10-25-11-9-23)2-5-18(24)20-7-6-17-21-15-4-3-14(19)12-16(15)22-17/h3-4,12-13H,2,5-11H2,1H3,(H,20,24)(H,21,22)/t13-/m0/s1. The van der Waals surface area contributed by atoms with Crippen LogP contribution in [-0.2, 0) is 16.0 Å². The number of fused-ring (bicyclic) bond motifs is 1. The molecule has 2 N–H and O–H groups in total.